The van der Waals surface area contributed by atoms with Gasteiger partial charge in [0, 0.05) is 11.3 Å². The number of rotatable bonds is 6. The van der Waals surface area contributed by atoms with Crippen molar-refractivity contribution in [3.05, 3.63) is 60.2 Å². The minimum Gasteiger partial charge on any atom is -0.392 e. The van der Waals surface area contributed by atoms with Gasteiger partial charge < -0.3 is 5.11 Å². The lowest BCUT2D eigenvalue weighted by molar-refractivity contribution is -0.118. The summed E-state index contributed by atoms with van der Waals surface area (Å²) in [5.41, 5.74) is 4.69. The smallest absolute Gasteiger partial charge is 0.244 e. The number of thioether (sulfide) groups is 1. The van der Waals surface area contributed by atoms with Gasteiger partial charge in [-0.1, -0.05) is 54.2 Å². The Balaban J connectivity index is 2.02. The van der Waals surface area contributed by atoms with E-state index < -0.39 is 0 Å². The number of aliphatic hydroxyl groups is 1. The largest absolute Gasteiger partial charge is 0.392 e. The van der Waals surface area contributed by atoms with Crippen LogP contribution in [0.15, 0.2) is 59.8 Å². The number of carbonyl (C=O) groups is 1. The van der Waals surface area contributed by atoms with Crippen LogP contribution < -0.4 is 11.3 Å². The second-order valence-corrected chi connectivity index (χ2v) is 6.13. The van der Waals surface area contributed by atoms with E-state index in [0.29, 0.717) is 11.0 Å². The van der Waals surface area contributed by atoms with E-state index in [1.807, 2.05) is 59.2 Å². The predicted octanol–water partition coefficient (Wildman–Crippen LogP) is 1.51. The van der Waals surface area contributed by atoms with Gasteiger partial charge in [0.05, 0.1) is 12.4 Å². The summed E-state index contributed by atoms with van der Waals surface area (Å²) in [5, 5.41) is 18.3. The van der Waals surface area contributed by atoms with Crippen LogP contribution in [0.3, 0.4) is 0 Å². The zero-order valence-electron chi connectivity index (χ0n) is 13.3. The molecule has 1 amide bonds. The van der Waals surface area contributed by atoms with E-state index in [4.69, 9.17) is 5.84 Å². The molecule has 0 atom stereocenters. The molecule has 0 unspecified atom stereocenters. The molecule has 0 aliphatic rings. The van der Waals surface area contributed by atoms with E-state index in [-0.39, 0.29) is 18.3 Å². The van der Waals surface area contributed by atoms with Crippen LogP contribution in [0.1, 0.15) is 5.56 Å². The fourth-order valence-corrected chi connectivity index (χ4v) is 3.05. The maximum atomic E-state index is 11.4. The van der Waals surface area contributed by atoms with E-state index in [0.717, 1.165) is 16.8 Å². The molecule has 0 radical (unpaired) electrons. The summed E-state index contributed by atoms with van der Waals surface area (Å²) < 4.78 is 1.89. The quantitative estimate of drug-likeness (QED) is 0.268. The molecule has 7 nitrogen and oxygen atoms in total. The number of amides is 1. The minimum atomic E-state index is -0.290. The summed E-state index contributed by atoms with van der Waals surface area (Å²) in [5.74, 6) is 5.64. The molecule has 8 heteroatoms. The number of hydrogen-bond acceptors (Lipinski definition) is 6. The first-order valence-electron chi connectivity index (χ1n) is 7.56. The molecule has 2 aromatic carbocycles. The average molecular weight is 355 g/mol. The Hall–Kier alpha value is -2.68. The van der Waals surface area contributed by atoms with Gasteiger partial charge in [0.2, 0.25) is 5.91 Å². The zero-order chi connectivity index (χ0) is 17.6. The van der Waals surface area contributed by atoms with Crippen molar-refractivity contribution in [3.8, 4) is 17.1 Å². The third kappa shape index (κ3) is 3.87. The van der Waals surface area contributed by atoms with Crippen molar-refractivity contribution >= 4 is 17.7 Å². The van der Waals surface area contributed by atoms with Crippen LogP contribution >= 0.6 is 11.8 Å². The van der Waals surface area contributed by atoms with Gasteiger partial charge in [-0.2, -0.15) is 0 Å². The molecule has 0 fully saturated rings. The number of benzene rings is 2. The molecule has 25 heavy (non-hydrogen) atoms. The van der Waals surface area contributed by atoms with Gasteiger partial charge >= 0.3 is 0 Å². The van der Waals surface area contributed by atoms with E-state index in [1.54, 1.807) is 0 Å². The van der Waals surface area contributed by atoms with Crippen LogP contribution in [0, 0.1) is 0 Å². The molecule has 4 N–H and O–H groups in total. The molecule has 128 valence electrons. The Morgan fingerprint density at radius 1 is 1.12 bits per heavy atom. The van der Waals surface area contributed by atoms with Crippen molar-refractivity contribution in [1.29, 1.82) is 0 Å². The Labute approximate surface area is 148 Å². The lowest BCUT2D eigenvalue weighted by atomic mass is 10.1. The molecule has 0 saturated heterocycles. The second-order valence-electron chi connectivity index (χ2n) is 5.19. The topological polar surface area (TPSA) is 106 Å². The van der Waals surface area contributed by atoms with Gasteiger partial charge in [-0.3, -0.25) is 14.8 Å². The molecule has 0 aliphatic carbocycles. The number of hydrazine groups is 1. The number of para-hydroxylation sites is 1. The molecular weight excluding hydrogens is 338 g/mol. The molecule has 3 rings (SSSR count). The highest BCUT2D eigenvalue weighted by molar-refractivity contribution is 7.99. The number of nitrogens with zero attached hydrogens (tertiary/aromatic N) is 3. The molecule has 0 saturated carbocycles. The predicted molar refractivity (Wildman–Crippen MR) is 95.8 cm³/mol. The zero-order valence-corrected chi connectivity index (χ0v) is 14.1. The maximum absolute atomic E-state index is 11.4. The van der Waals surface area contributed by atoms with Crippen molar-refractivity contribution in [2.75, 3.05) is 5.75 Å². The number of carbonyl (C=O) groups excluding carboxylic acids is 1. The lowest BCUT2D eigenvalue weighted by Gasteiger charge is -2.10. The van der Waals surface area contributed by atoms with E-state index in [2.05, 4.69) is 15.6 Å². The number of aromatic nitrogens is 3. The van der Waals surface area contributed by atoms with Gasteiger partial charge in [-0.05, 0) is 17.7 Å². The Bertz CT molecular complexity index is 849. The molecule has 0 spiro atoms. The van der Waals surface area contributed by atoms with Gasteiger partial charge in [0.25, 0.3) is 0 Å². The Kier molecular flexibility index (Phi) is 5.44. The fourth-order valence-electron chi connectivity index (χ4n) is 2.29. The molecule has 1 heterocycles. The Morgan fingerprint density at radius 3 is 2.48 bits per heavy atom. The maximum Gasteiger partial charge on any atom is 0.244 e. The van der Waals surface area contributed by atoms with Gasteiger partial charge in [0.1, 0.15) is 0 Å². The summed E-state index contributed by atoms with van der Waals surface area (Å²) in [4.78, 5) is 11.4. The molecular formula is C17H17N5O2S. The first kappa shape index (κ1) is 17.2. The van der Waals surface area contributed by atoms with Crippen molar-refractivity contribution < 1.29 is 9.90 Å². The van der Waals surface area contributed by atoms with E-state index in [1.165, 1.54) is 11.8 Å². The first-order valence-corrected chi connectivity index (χ1v) is 8.54. The van der Waals surface area contributed by atoms with Crippen molar-refractivity contribution in [3.63, 3.8) is 0 Å². The summed E-state index contributed by atoms with van der Waals surface area (Å²) >= 11 is 1.26. The number of nitrogens with one attached hydrogen (secondary N) is 1. The van der Waals surface area contributed by atoms with Crippen molar-refractivity contribution in [2.45, 2.75) is 11.8 Å². The minimum absolute atomic E-state index is 0.0129. The molecule has 0 bridgehead atoms. The normalized spacial score (nSPS) is 10.6. The Morgan fingerprint density at radius 2 is 1.84 bits per heavy atom. The average Bonchev–Trinajstić information content (AvgIpc) is 3.10. The molecule has 0 aliphatic heterocycles. The van der Waals surface area contributed by atoms with Crippen molar-refractivity contribution in [1.82, 2.24) is 20.2 Å². The van der Waals surface area contributed by atoms with Crippen LogP contribution in [0.2, 0.25) is 0 Å². The van der Waals surface area contributed by atoms with Gasteiger partial charge in [0.15, 0.2) is 11.0 Å². The third-order valence-electron chi connectivity index (χ3n) is 3.54. The first-order chi connectivity index (χ1) is 12.2. The third-order valence-corrected chi connectivity index (χ3v) is 4.46. The van der Waals surface area contributed by atoms with Crippen LogP contribution in [-0.2, 0) is 11.4 Å². The highest BCUT2D eigenvalue weighted by atomic mass is 32.2. The van der Waals surface area contributed by atoms with Crippen LogP contribution in [0.25, 0.3) is 17.1 Å². The SMILES string of the molecule is NNC(=O)CSc1nnc(-c2ccc(CO)cc2)n1-c1ccccc1. The standard InChI is InChI=1S/C17H17N5O2S/c18-19-15(24)11-25-17-21-20-16(13-8-6-12(10-23)7-9-13)22(17)14-4-2-1-3-5-14/h1-9,23H,10-11,18H2,(H,19,24). The van der Waals surface area contributed by atoms with Gasteiger partial charge in [-0.15, -0.1) is 10.2 Å². The summed E-state index contributed by atoms with van der Waals surface area (Å²) in [7, 11) is 0. The van der Waals surface area contributed by atoms with Crippen LogP contribution in [-0.4, -0.2) is 31.5 Å². The van der Waals surface area contributed by atoms with Crippen molar-refractivity contribution in [2.24, 2.45) is 5.84 Å². The fraction of sp³-hybridized carbons (Fsp3) is 0.118. The molecule has 1 aromatic heterocycles. The molecule has 3 aromatic rings. The monoisotopic (exact) mass is 355 g/mol. The number of nitrogens with two attached hydrogens (primary N) is 1. The number of hydrogen-bond donors (Lipinski definition) is 3. The van der Waals surface area contributed by atoms with Gasteiger partial charge in [-0.25, -0.2) is 5.84 Å². The highest BCUT2D eigenvalue weighted by Crippen LogP contribution is 2.28. The number of aliphatic hydroxyl groups excluding tert-OH is 1. The highest BCUT2D eigenvalue weighted by Gasteiger charge is 2.17. The van der Waals surface area contributed by atoms with Crippen LogP contribution in [0.5, 0.6) is 0 Å². The lowest BCUT2D eigenvalue weighted by Crippen LogP contribution is -2.31. The summed E-state index contributed by atoms with van der Waals surface area (Å²) in [6, 6.07) is 17.1. The van der Waals surface area contributed by atoms with E-state index in [9.17, 15) is 9.90 Å². The van der Waals surface area contributed by atoms with E-state index >= 15 is 0 Å². The second kappa shape index (κ2) is 7.93. The summed E-state index contributed by atoms with van der Waals surface area (Å²) in [6.07, 6.45) is 0. The summed E-state index contributed by atoms with van der Waals surface area (Å²) in [6.45, 7) is -0.0129. The van der Waals surface area contributed by atoms with Crippen LogP contribution in [0.4, 0.5) is 0 Å².